The molecule has 2 aromatic rings. The molecule has 6 heteroatoms. The minimum atomic E-state index is -0.172. The van der Waals surface area contributed by atoms with E-state index in [1.807, 2.05) is 12.1 Å². The second kappa shape index (κ2) is 6.46. The number of anilines is 1. The fourth-order valence-corrected chi connectivity index (χ4v) is 3.15. The molecule has 1 amide bonds. The van der Waals surface area contributed by atoms with Gasteiger partial charge in [-0.15, -0.1) is 11.3 Å². The third-order valence-corrected chi connectivity index (χ3v) is 4.61. The summed E-state index contributed by atoms with van der Waals surface area (Å²) in [5.74, 6) is 1.19. The molecule has 22 heavy (non-hydrogen) atoms. The summed E-state index contributed by atoms with van der Waals surface area (Å²) in [4.78, 5) is 17.4. The van der Waals surface area contributed by atoms with Crippen molar-refractivity contribution in [1.82, 2.24) is 4.98 Å². The minimum Gasteiger partial charge on any atom is -0.496 e. The predicted octanol–water partition coefficient (Wildman–Crippen LogP) is 2.82. The first-order valence-electron chi connectivity index (χ1n) is 7.26. The summed E-state index contributed by atoms with van der Waals surface area (Å²) in [6.45, 7) is 0.0822. The Morgan fingerprint density at radius 2 is 2.32 bits per heavy atom. The quantitative estimate of drug-likeness (QED) is 0.859. The maximum atomic E-state index is 12.3. The van der Waals surface area contributed by atoms with Gasteiger partial charge in [-0.2, -0.15) is 0 Å². The first kappa shape index (κ1) is 15.0. The maximum Gasteiger partial charge on any atom is 0.257 e. The molecular formula is C16H18N2O3S. The second-order valence-electron chi connectivity index (χ2n) is 5.29. The summed E-state index contributed by atoms with van der Waals surface area (Å²) in [6.07, 6.45) is 4.54. The van der Waals surface area contributed by atoms with Crippen molar-refractivity contribution in [2.45, 2.75) is 25.2 Å². The second-order valence-corrected chi connectivity index (χ2v) is 6.41. The van der Waals surface area contributed by atoms with E-state index in [0.717, 1.165) is 29.0 Å². The number of ether oxygens (including phenoxy) is 1. The number of carbonyl (C=O) groups excluding carboxylic acids is 1. The zero-order chi connectivity index (χ0) is 15.5. The molecule has 1 fully saturated rings. The van der Waals surface area contributed by atoms with Crippen LogP contribution < -0.4 is 10.1 Å². The largest absolute Gasteiger partial charge is 0.496 e. The summed E-state index contributed by atoms with van der Waals surface area (Å²) in [5, 5.41) is 12.3. The zero-order valence-corrected chi connectivity index (χ0v) is 13.2. The van der Waals surface area contributed by atoms with Crippen LogP contribution in [0.15, 0.2) is 24.4 Å². The van der Waals surface area contributed by atoms with Crippen LogP contribution in [0, 0.1) is 0 Å². The van der Waals surface area contributed by atoms with Gasteiger partial charge in [-0.3, -0.25) is 10.1 Å². The fraction of sp³-hybridized carbons (Fsp3) is 0.375. The number of amides is 1. The highest BCUT2D eigenvalue weighted by molar-refractivity contribution is 7.15. The highest BCUT2D eigenvalue weighted by atomic mass is 32.1. The van der Waals surface area contributed by atoms with Gasteiger partial charge in [0.1, 0.15) is 5.75 Å². The zero-order valence-electron chi connectivity index (χ0n) is 12.3. The standard InChI is InChI=1S/C16H18N2O3S/c1-21-14-5-4-11(8-13(14)10-2-3-10)15(20)18-16-17-9-12(22-16)6-7-19/h4-5,8-10,19H,2-3,6-7H2,1H3,(H,17,18,20). The SMILES string of the molecule is COc1ccc(C(=O)Nc2ncc(CCO)s2)cc1C1CC1. The van der Waals surface area contributed by atoms with Crippen molar-refractivity contribution in [1.29, 1.82) is 0 Å². The average Bonchev–Trinajstić information content (AvgIpc) is 3.29. The number of thiazole rings is 1. The molecule has 1 saturated carbocycles. The van der Waals surface area contributed by atoms with Crippen LogP contribution in [0.4, 0.5) is 5.13 Å². The van der Waals surface area contributed by atoms with Crippen LogP contribution in [0.25, 0.3) is 0 Å². The summed E-state index contributed by atoms with van der Waals surface area (Å²) < 4.78 is 5.36. The van der Waals surface area contributed by atoms with E-state index in [4.69, 9.17) is 9.84 Å². The normalized spacial score (nSPS) is 13.9. The van der Waals surface area contributed by atoms with E-state index in [1.165, 1.54) is 11.3 Å². The van der Waals surface area contributed by atoms with E-state index in [9.17, 15) is 4.79 Å². The lowest BCUT2D eigenvalue weighted by Crippen LogP contribution is -2.12. The van der Waals surface area contributed by atoms with E-state index in [2.05, 4.69) is 10.3 Å². The van der Waals surface area contributed by atoms with Gasteiger partial charge in [-0.25, -0.2) is 4.98 Å². The fourth-order valence-electron chi connectivity index (χ4n) is 2.35. The van der Waals surface area contributed by atoms with E-state index in [1.54, 1.807) is 19.4 Å². The van der Waals surface area contributed by atoms with E-state index >= 15 is 0 Å². The van der Waals surface area contributed by atoms with Gasteiger partial charge < -0.3 is 9.84 Å². The van der Waals surface area contributed by atoms with Gasteiger partial charge in [-0.05, 0) is 42.5 Å². The Morgan fingerprint density at radius 1 is 1.50 bits per heavy atom. The number of aliphatic hydroxyl groups is 1. The van der Waals surface area contributed by atoms with Crippen LogP contribution in [0.2, 0.25) is 0 Å². The molecule has 0 unspecified atom stereocenters. The Bertz CT molecular complexity index is 680. The minimum absolute atomic E-state index is 0.0822. The van der Waals surface area contributed by atoms with Crippen molar-refractivity contribution >= 4 is 22.4 Å². The van der Waals surface area contributed by atoms with Gasteiger partial charge in [-0.1, -0.05) is 0 Å². The number of benzene rings is 1. The van der Waals surface area contributed by atoms with Crippen molar-refractivity contribution in [3.05, 3.63) is 40.4 Å². The molecule has 1 heterocycles. The molecule has 1 aliphatic carbocycles. The number of carbonyl (C=O) groups is 1. The molecule has 1 aliphatic rings. The van der Waals surface area contributed by atoms with Crippen LogP contribution in [0.1, 0.15) is 39.6 Å². The number of hydrogen-bond acceptors (Lipinski definition) is 5. The summed E-state index contributed by atoms with van der Waals surface area (Å²) >= 11 is 1.38. The Hall–Kier alpha value is -1.92. The molecule has 3 rings (SSSR count). The van der Waals surface area contributed by atoms with Crippen LogP contribution >= 0.6 is 11.3 Å². The molecule has 0 atom stereocenters. The van der Waals surface area contributed by atoms with Crippen molar-refractivity contribution < 1.29 is 14.6 Å². The number of rotatable bonds is 6. The molecule has 0 bridgehead atoms. The maximum absolute atomic E-state index is 12.3. The van der Waals surface area contributed by atoms with Crippen LogP contribution in [0.3, 0.4) is 0 Å². The molecule has 1 aromatic heterocycles. The summed E-state index contributed by atoms with van der Waals surface area (Å²) in [7, 11) is 1.65. The number of aromatic nitrogens is 1. The lowest BCUT2D eigenvalue weighted by molar-refractivity contribution is 0.102. The average molecular weight is 318 g/mol. The number of hydrogen-bond donors (Lipinski definition) is 2. The lowest BCUT2D eigenvalue weighted by atomic mass is 10.1. The Kier molecular flexibility index (Phi) is 4.40. The highest BCUT2D eigenvalue weighted by Gasteiger charge is 2.27. The van der Waals surface area contributed by atoms with E-state index < -0.39 is 0 Å². The highest BCUT2D eigenvalue weighted by Crippen LogP contribution is 2.44. The first-order chi connectivity index (χ1) is 10.7. The summed E-state index contributed by atoms with van der Waals surface area (Å²) in [5.41, 5.74) is 1.72. The number of nitrogens with zero attached hydrogens (tertiary/aromatic N) is 1. The van der Waals surface area contributed by atoms with Crippen LogP contribution in [-0.4, -0.2) is 29.7 Å². The van der Waals surface area contributed by atoms with Gasteiger partial charge >= 0.3 is 0 Å². The molecule has 0 aliphatic heterocycles. The smallest absolute Gasteiger partial charge is 0.257 e. The molecular weight excluding hydrogens is 300 g/mol. The molecule has 5 nitrogen and oxygen atoms in total. The molecule has 0 radical (unpaired) electrons. The van der Waals surface area contributed by atoms with Crippen molar-refractivity contribution in [3.8, 4) is 5.75 Å². The van der Waals surface area contributed by atoms with Gasteiger partial charge in [0, 0.05) is 29.7 Å². The molecule has 1 aromatic carbocycles. The summed E-state index contributed by atoms with van der Waals surface area (Å²) in [6, 6.07) is 5.53. The Morgan fingerprint density at radius 3 is 3.00 bits per heavy atom. The topological polar surface area (TPSA) is 71.5 Å². The van der Waals surface area contributed by atoms with Crippen LogP contribution in [-0.2, 0) is 6.42 Å². The molecule has 0 spiro atoms. The van der Waals surface area contributed by atoms with Crippen molar-refractivity contribution in [2.24, 2.45) is 0 Å². The third kappa shape index (κ3) is 3.28. The molecule has 116 valence electrons. The first-order valence-corrected chi connectivity index (χ1v) is 8.07. The monoisotopic (exact) mass is 318 g/mol. The molecule has 0 saturated heterocycles. The number of methoxy groups -OCH3 is 1. The number of aliphatic hydroxyl groups excluding tert-OH is 1. The van der Waals surface area contributed by atoms with Gasteiger partial charge in [0.15, 0.2) is 5.13 Å². The predicted molar refractivity (Wildman–Crippen MR) is 85.8 cm³/mol. The third-order valence-electron chi connectivity index (χ3n) is 3.64. The van der Waals surface area contributed by atoms with E-state index in [-0.39, 0.29) is 12.5 Å². The van der Waals surface area contributed by atoms with Crippen molar-refractivity contribution in [2.75, 3.05) is 19.0 Å². The van der Waals surface area contributed by atoms with Gasteiger partial charge in [0.2, 0.25) is 0 Å². The van der Waals surface area contributed by atoms with Crippen LogP contribution in [0.5, 0.6) is 5.75 Å². The van der Waals surface area contributed by atoms with Gasteiger partial charge in [0.25, 0.3) is 5.91 Å². The lowest BCUT2D eigenvalue weighted by Gasteiger charge is -2.09. The van der Waals surface area contributed by atoms with Gasteiger partial charge in [0.05, 0.1) is 7.11 Å². The number of nitrogens with one attached hydrogen (secondary N) is 1. The Labute approximate surface area is 133 Å². The molecule has 2 N–H and O–H groups in total. The Balaban J connectivity index is 1.75. The van der Waals surface area contributed by atoms with E-state index in [0.29, 0.717) is 23.0 Å². The van der Waals surface area contributed by atoms with Crippen molar-refractivity contribution in [3.63, 3.8) is 0 Å².